The third-order valence-corrected chi connectivity index (χ3v) is 5.13. The number of H-pyrrole nitrogens is 1. The maximum absolute atomic E-state index is 13.3. The molecule has 0 unspecified atom stereocenters. The van der Waals surface area contributed by atoms with Gasteiger partial charge in [-0.05, 0) is 42.0 Å². The number of rotatable bonds is 4. The summed E-state index contributed by atoms with van der Waals surface area (Å²) in [5, 5.41) is 12.7. The Morgan fingerprint density at radius 3 is 2.55 bits per heavy atom. The highest BCUT2D eigenvalue weighted by atomic mass is 16.6. The lowest BCUT2D eigenvalue weighted by atomic mass is 10.1. The fraction of sp³-hybridized carbons (Fsp3) is 0. The quantitative estimate of drug-likeness (QED) is 0.336. The van der Waals surface area contributed by atoms with Gasteiger partial charge in [-0.3, -0.25) is 19.5 Å². The van der Waals surface area contributed by atoms with Crippen LogP contribution >= 0.6 is 0 Å². The zero-order chi connectivity index (χ0) is 21.4. The van der Waals surface area contributed by atoms with E-state index in [1.807, 2.05) is 42.6 Å². The van der Waals surface area contributed by atoms with Crippen molar-refractivity contribution >= 4 is 39.6 Å². The molecule has 0 spiro atoms. The summed E-state index contributed by atoms with van der Waals surface area (Å²) in [6.45, 7) is 0. The SMILES string of the molecule is O=c1c2ccccc2nc(/C=C/c2c[nH]c3ccccc23)n1-c1cccc([N+](=O)[O-])c1. The Bertz CT molecular complexity index is 1550. The molecule has 1 N–H and O–H groups in total. The first-order valence-electron chi connectivity index (χ1n) is 9.63. The van der Waals surface area contributed by atoms with Crippen molar-refractivity contribution in [2.24, 2.45) is 0 Å². The van der Waals surface area contributed by atoms with Gasteiger partial charge in [-0.2, -0.15) is 0 Å². The Morgan fingerprint density at radius 2 is 1.71 bits per heavy atom. The number of aromatic amines is 1. The molecule has 31 heavy (non-hydrogen) atoms. The molecule has 7 nitrogen and oxygen atoms in total. The molecule has 3 aromatic carbocycles. The molecule has 5 aromatic rings. The highest BCUT2D eigenvalue weighted by molar-refractivity contribution is 5.91. The first-order chi connectivity index (χ1) is 15.1. The van der Waals surface area contributed by atoms with Gasteiger partial charge in [-0.15, -0.1) is 0 Å². The van der Waals surface area contributed by atoms with Crippen LogP contribution in [0.5, 0.6) is 0 Å². The number of aromatic nitrogens is 3. The number of nitro groups is 1. The van der Waals surface area contributed by atoms with Gasteiger partial charge < -0.3 is 4.98 Å². The molecule has 0 fully saturated rings. The van der Waals surface area contributed by atoms with Crippen LogP contribution < -0.4 is 5.56 Å². The summed E-state index contributed by atoms with van der Waals surface area (Å²) >= 11 is 0. The van der Waals surface area contributed by atoms with Gasteiger partial charge in [0.25, 0.3) is 11.2 Å². The number of nitrogens with one attached hydrogen (secondary N) is 1. The van der Waals surface area contributed by atoms with Crippen molar-refractivity contribution in [1.82, 2.24) is 14.5 Å². The number of nitro benzene ring substituents is 1. The van der Waals surface area contributed by atoms with E-state index in [2.05, 4.69) is 9.97 Å². The lowest BCUT2D eigenvalue weighted by molar-refractivity contribution is -0.384. The first-order valence-corrected chi connectivity index (χ1v) is 9.63. The third-order valence-electron chi connectivity index (χ3n) is 5.13. The van der Waals surface area contributed by atoms with Crippen LogP contribution in [-0.4, -0.2) is 19.5 Å². The maximum atomic E-state index is 13.3. The Hall–Kier alpha value is -4.52. The molecule has 0 saturated carbocycles. The molecule has 0 aliphatic heterocycles. The fourth-order valence-electron chi connectivity index (χ4n) is 3.65. The van der Waals surface area contributed by atoms with Crippen molar-refractivity contribution in [3.8, 4) is 5.69 Å². The molecular formula is C24H16N4O3. The zero-order valence-electron chi connectivity index (χ0n) is 16.2. The van der Waals surface area contributed by atoms with Gasteiger partial charge in [-0.25, -0.2) is 4.98 Å². The average Bonchev–Trinajstić information content (AvgIpc) is 3.21. The summed E-state index contributed by atoms with van der Waals surface area (Å²) in [6.07, 6.45) is 5.52. The van der Waals surface area contributed by atoms with Crippen LogP contribution in [0.15, 0.2) is 83.8 Å². The van der Waals surface area contributed by atoms with Gasteiger partial charge in [0.15, 0.2) is 0 Å². The lowest BCUT2D eigenvalue weighted by Crippen LogP contribution is -2.22. The summed E-state index contributed by atoms with van der Waals surface area (Å²) in [5.41, 5.74) is 2.52. The average molecular weight is 408 g/mol. The van der Waals surface area contributed by atoms with Crippen LogP contribution in [0.25, 0.3) is 39.6 Å². The molecule has 2 aromatic heterocycles. The largest absolute Gasteiger partial charge is 0.361 e. The topological polar surface area (TPSA) is 93.8 Å². The van der Waals surface area contributed by atoms with E-state index in [1.54, 1.807) is 36.4 Å². The molecule has 0 bridgehead atoms. The van der Waals surface area contributed by atoms with Crippen LogP contribution in [0.1, 0.15) is 11.4 Å². The van der Waals surface area contributed by atoms with Gasteiger partial charge in [0.2, 0.25) is 0 Å². The molecular weight excluding hydrogens is 392 g/mol. The summed E-state index contributed by atoms with van der Waals surface area (Å²) < 4.78 is 1.40. The highest BCUT2D eigenvalue weighted by Gasteiger charge is 2.14. The molecule has 2 heterocycles. The second-order valence-electron chi connectivity index (χ2n) is 7.03. The minimum Gasteiger partial charge on any atom is -0.361 e. The van der Waals surface area contributed by atoms with Crippen LogP contribution in [-0.2, 0) is 0 Å². The van der Waals surface area contributed by atoms with Crippen molar-refractivity contribution in [2.45, 2.75) is 0 Å². The normalized spacial score (nSPS) is 11.5. The number of non-ortho nitro benzene ring substituents is 1. The number of para-hydroxylation sites is 2. The molecule has 0 saturated heterocycles. The fourth-order valence-corrected chi connectivity index (χ4v) is 3.65. The van der Waals surface area contributed by atoms with E-state index in [1.165, 1.54) is 16.7 Å². The monoisotopic (exact) mass is 408 g/mol. The first kappa shape index (κ1) is 18.5. The van der Waals surface area contributed by atoms with Gasteiger partial charge in [-0.1, -0.05) is 36.4 Å². The predicted molar refractivity (Wildman–Crippen MR) is 121 cm³/mol. The van der Waals surface area contributed by atoms with Crippen molar-refractivity contribution < 1.29 is 4.92 Å². The molecule has 7 heteroatoms. The number of benzene rings is 3. The molecule has 0 radical (unpaired) electrons. The highest BCUT2D eigenvalue weighted by Crippen LogP contribution is 2.22. The maximum Gasteiger partial charge on any atom is 0.271 e. The van der Waals surface area contributed by atoms with E-state index in [9.17, 15) is 14.9 Å². The van der Waals surface area contributed by atoms with Gasteiger partial charge >= 0.3 is 0 Å². The second kappa shape index (κ2) is 7.38. The summed E-state index contributed by atoms with van der Waals surface area (Å²) in [4.78, 5) is 32.0. The van der Waals surface area contributed by atoms with Crippen LogP contribution in [0.2, 0.25) is 0 Å². The molecule has 0 amide bonds. The molecule has 0 atom stereocenters. The number of fused-ring (bicyclic) bond motifs is 2. The van der Waals surface area contributed by atoms with Crippen LogP contribution in [0.3, 0.4) is 0 Å². The standard InChI is InChI=1S/C24H16N4O3/c29-24-20-9-2-4-11-22(20)26-23(27(24)17-6-5-7-18(14-17)28(30)31)13-12-16-15-25-21-10-3-1-8-19(16)21/h1-15,25H/b13-12+. The minimum atomic E-state index is -0.482. The van der Waals surface area contributed by atoms with Crippen molar-refractivity contribution in [3.63, 3.8) is 0 Å². The van der Waals surface area contributed by atoms with E-state index < -0.39 is 4.92 Å². The Balaban J connectivity index is 1.73. The zero-order valence-corrected chi connectivity index (χ0v) is 16.2. The number of hydrogen-bond acceptors (Lipinski definition) is 4. The van der Waals surface area contributed by atoms with Crippen molar-refractivity contribution in [3.05, 3.63) is 111 Å². The minimum absolute atomic E-state index is 0.0934. The molecule has 0 aliphatic carbocycles. The van der Waals surface area contributed by atoms with Crippen LogP contribution in [0, 0.1) is 10.1 Å². The number of nitrogens with zero attached hydrogens (tertiary/aromatic N) is 3. The smallest absolute Gasteiger partial charge is 0.271 e. The third kappa shape index (κ3) is 3.28. The van der Waals surface area contributed by atoms with E-state index in [-0.39, 0.29) is 11.2 Å². The van der Waals surface area contributed by atoms with Crippen molar-refractivity contribution in [2.75, 3.05) is 0 Å². The van der Waals surface area contributed by atoms with E-state index in [0.29, 0.717) is 22.4 Å². The van der Waals surface area contributed by atoms with E-state index >= 15 is 0 Å². The Kier molecular flexibility index (Phi) is 4.41. The van der Waals surface area contributed by atoms with E-state index in [4.69, 9.17) is 0 Å². The molecule has 5 rings (SSSR count). The van der Waals surface area contributed by atoms with Gasteiger partial charge in [0.1, 0.15) is 5.82 Å². The summed E-state index contributed by atoms with van der Waals surface area (Å²) in [6, 6.07) is 21.0. The summed E-state index contributed by atoms with van der Waals surface area (Å²) in [7, 11) is 0. The second-order valence-corrected chi connectivity index (χ2v) is 7.03. The van der Waals surface area contributed by atoms with Gasteiger partial charge in [0.05, 0.1) is 21.5 Å². The molecule has 0 aliphatic rings. The van der Waals surface area contributed by atoms with Crippen molar-refractivity contribution in [1.29, 1.82) is 0 Å². The van der Waals surface area contributed by atoms with Crippen LogP contribution in [0.4, 0.5) is 5.69 Å². The molecule has 150 valence electrons. The summed E-state index contributed by atoms with van der Waals surface area (Å²) in [5.74, 6) is 0.384. The van der Waals surface area contributed by atoms with Gasteiger partial charge in [0, 0.05) is 29.2 Å². The Morgan fingerprint density at radius 1 is 0.935 bits per heavy atom. The predicted octanol–water partition coefficient (Wildman–Crippen LogP) is 4.95. The van der Waals surface area contributed by atoms with E-state index in [0.717, 1.165) is 16.5 Å². The number of hydrogen-bond donors (Lipinski definition) is 1. The Labute approximate surface area is 176 Å². The lowest BCUT2D eigenvalue weighted by Gasteiger charge is -2.11.